The summed E-state index contributed by atoms with van der Waals surface area (Å²) in [5, 5.41) is 0. The van der Waals surface area contributed by atoms with Crippen LogP contribution in [0.2, 0.25) is 0 Å². The molecule has 1 aliphatic heterocycles. The fraction of sp³-hybridized carbons (Fsp3) is 0. The molecule has 1 rings (SSSR count). The average Bonchev–Trinajstić information content (AvgIpc) is 2.14. The summed E-state index contributed by atoms with van der Waals surface area (Å²) in [7, 11) is -0.657. The third-order valence-corrected chi connectivity index (χ3v) is 2.93. The first-order valence-electron chi connectivity index (χ1n) is 2.41. The molecule has 0 unspecified atom stereocenters. The maximum atomic E-state index is 3.70. The summed E-state index contributed by atoms with van der Waals surface area (Å²) in [4.78, 5) is 0. The van der Waals surface area contributed by atoms with E-state index in [4.69, 9.17) is 0 Å². The Labute approximate surface area is 45.5 Å². The molecule has 7 heavy (non-hydrogen) atoms. The smallest absolute Gasteiger partial charge is 0.107 e. The average molecular weight is 108 g/mol. The normalized spacial score (nSPS) is 18.3. The quantitative estimate of drug-likeness (QED) is 0.442. The number of allylic oxidation sites excluding steroid dienone is 2. The zero-order valence-electron chi connectivity index (χ0n) is 4.17. The zero-order chi connectivity index (χ0) is 5.11. The van der Waals surface area contributed by atoms with Crippen molar-refractivity contribution < 1.29 is 0 Å². The highest BCUT2D eigenvalue weighted by molar-refractivity contribution is 6.75. The van der Waals surface area contributed by atoms with Crippen molar-refractivity contribution in [3.05, 3.63) is 35.8 Å². The lowest BCUT2D eigenvalue weighted by Crippen LogP contribution is -1.95. The number of hydrogen-bond acceptors (Lipinski definition) is 0. The van der Waals surface area contributed by atoms with Crippen LogP contribution in [0.25, 0.3) is 0 Å². The van der Waals surface area contributed by atoms with E-state index >= 15 is 0 Å². The van der Waals surface area contributed by atoms with Gasteiger partial charge in [-0.15, -0.1) is 6.58 Å². The highest BCUT2D eigenvalue weighted by Crippen LogP contribution is 1.96. The third kappa shape index (κ3) is 0.902. The first kappa shape index (κ1) is 4.59. The van der Waals surface area contributed by atoms with E-state index in [-0.39, 0.29) is 0 Å². The number of hydrogen-bond donors (Lipinski definition) is 0. The molecule has 0 saturated carbocycles. The van der Waals surface area contributed by atoms with Gasteiger partial charge in [0.1, 0.15) is 8.80 Å². The van der Waals surface area contributed by atoms with Gasteiger partial charge in [-0.2, -0.15) is 0 Å². The molecule has 0 fully saturated rings. The van der Waals surface area contributed by atoms with Gasteiger partial charge in [0.05, 0.1) is 0 Å². The Morgan fingerprint density at radius 1 is 1.29 bits per heavy atom. The molecule has 0 amide bonds. The molecule has 0 aliphatic carbocycles. The van der Waals surface area contributed by atoms with Crippen molar-refractivity contribution >= 4 is 8.80 Å². The second-order valence-electron chi connectivity index (χ2n) is 1.58. The maximum absolute atomic E-state index is 3.70. The van der Waals surface area contributed by atoms with E-state index in [1.165, 1.54) is 0 Å². The first-order chi connectivity index (χ1) is 3.43. The molecular weight excluding hydrogens is 100 g/mol. The van der Waals surface area contributed by atoms with Crippen LogP contribution in [-0.4, -0.2) is 8.80 Å². The predicted octanol–water partition coefficient (Wildman–Crippen LogP) is 1.14. The van der Waals surface area contributed by atoms with Gasteiger partial charge in [0.15, 0.2) is 0 Å². The predicted molar refractivity (Wildman–Crippen MR) is 35.6 cm³/mol. The summed E-state index contributed by atoms with van der Waals surface area (Å²) in [6.45, 7) is 3.70. The Bertz CT molecular complexity index is 110. The molecule has 0 aromatic heterocycles. The van der Waals surface area contributed by atoms with E-state index < -0.39 is 8.80 Å². The minimum absolute atomic E-state index is 0.657. The second kappa shape index (κ2) is 1.94. The second-order valence-corrected chi connectivity index (χ2v) is 3.98. The van der Waals surface area contributed by atoms with Gasteiger partial charge in [-0.05, 0) is 0 Å². The van der Waals surface area contributed by atoms with Crippen molar-refractivity contribution in [1.29, 1.82) is 0 Å². The molecule has 0 radical (unpaired) electrons. The van der Waals surface area contributed by atoms with Crippen LogP contribution in [0, 0.1) is 0 Å². The first-order valence-corrected chi connectivity index (χ1v) is 4.41. The lowest BCUT2D eigenvalue weighted by Gasteiger charge is -1.84. The van der Waals surface area contributed by atoms with E-state index in [0.717, 1.165) is 0 Å². The van der Waals surface area contributed by atoms with Crippen LogP contribution in [0.15, 0.2) is 35.8 Å². The van der Waals surface area contributed by atoms with Gasteiger partial charge < -0.3 is 0 Å². The lowest BCUT2D eigenvalue weighted by molar-refractivity contribution is 2.15. The van der Waals surface area contributed by atoms with Crippen LogP contribution in [0.4, 0.5) is 0 Å². The molecule has 0 spiro atoms. The number of rotatable bonds is 1. The Morgan fingerprint density at radius 3 is 2.14 bits per heavy atom. The fourth-order valence-electron chi connectivity index (χ4n) is 0.606. The van der Waals surface area contributed by atoms with E-state index in [1.54, 1.807) is 0 Å². The van der Waals surface area contributed by atoms with Gasteiger partial charge in [0.2, 0.25) is 0 Å². The SMILES string of the molecule is C=C[SiH]1C=CC=C1. The Balaban J connectivity index is 2.59. The maximum Gasteiger partial charge on any atom is 0.109 e. The van der Waals surface area contributed by atoms with Gasteiger partial charge >= 0.3 is 0 Å². The molecule has 0 bridgehead atoms. The standard InChI is InChI=1S/C6H8Si/c1-2-7-5-3-4-6-7/h2-7H,1H2. The highest BCUT2D eigenvalue weighted by Gasteiger charge is 1.95. The molecule has 0 saturated heterocycles. The van der Waals surface area contributed by atoms with Crippen LogP contribution in [-0.2, 0) is 0 Å². The Morgan fingerprint density at radius 2 is 1.86 bits per heavy atom. The molecule has 0 nitrogen and oxygen atoms in total. The van der Waals surface area contributed by atoms with E-state index in [0.29, 0.717) is 0 Å². The van der Waals surface area contributed by atoms with Gasteiger partial charge in [-0.3, -0.25) is 0 Å². The Hall–Kier alpha value is -0.563. The molecule has 0 aromatic carbocycles. The summed E-state index contributed by atoms with van der Waals surface area (Å²) >= 11 is 0. The zero-order valence-corrected chi connectivity index (χ0v) is 5.33. The van der Waals surface area contributed by atoms with E-state index in [2.05, 4.69) is 35.8 Å². The largest absolute Gasteiger partial charge is 0.109 e. The molecular formula is C6H8Si. The summed E-state index contributed by atoms with van der Waals surface area (Å²) < 4.78 is 0. The summed E-state index contributed by atoms with van der Waals surface area (Å²) in [6, 6.07) is 0. The summed E-state index contributed by atoms with van der Waals surface area (Å²) in [5.41, 5.74) is 6.54. The van der Waals surface area contributed by atoms with Crippen LogP contribution < -0.4 is 0 Å². The minimum Gasteiger partial charge on any atom is -0.107 e. The molecule has 36 valence electrons. The summed E-state index contributed by atoms with van der Waals surface area (Å²) in [5.74, 6) is 0. The Kier molecular flexibility index (Phi) is 1.27. The van der Waals surface area contributed by atoms with E-state index in [1.807, 2.05) is 0 Å². The molecule has 1 aliphatic rings. The highest BCUT2D eigenvalue weighted by atomic mass is 28.3. The molecule has 0 aromatic rings. The molecule has 0 atom stereocenters. The van der Waals surface area contributed by atoms with Crippen molar-refractivity contribution in [2.75, 3.05) is 0 Å². The van der Waals surface area contributed by atoms with Crippen LogP contribution in [0.1, 0.15) is 0 Å². The van der Waals surface area contributed by atoms with Crippen molar-refractivity contribution in [1.82, 2.24) is 0 Å². The molecule has 1 heterocycles. The minimum atomic E-state index is -0.657. The summed E-state index contributed by atoms with van der Waals surface area (Å²) in [6.07, 6.45) is 4.19. The van der Waals surface area contributed by atoms with Crippen LogP contribution >= 0.6 is 0 Å². The van der Waals surface area contributed by atoms with Crippen LogP contribution in [0.3, 0.4) is 0 Å². The molecule has 0 N–H and O–H groups in total. The van der Waals surface area contributed by atoms with Crippen molar-refractivity contribution in [2.24, 2.45) is 0 Å². The van der Waals surface area contributed by atoms with Gasteiger partial charge in [-0.25, -0.2) is 0 Å². The van der Waals surface area contributed by atoms with Crippen molar-refractivity contribution in [3.63, 3.8) is 0 Å². The van der Waals surface area contributed by atoms with Crippen molar-refractivity contribution in [2.45, 2.75) is 0 Å². The third-order valence-electron chi connectivity index (χ3n) is 1.05. The fourth-order valence-corrected chi connectivity index (χ4v) is 1.82. The monoisotopic (exact) mass is 108 g/mol. The van der Waals surface area contributed by atoms with E-state index in [9.17, 15) is 0 Å². The topological polar surface area (TPSA) is 0 Å². The van der Waals surface area contributed by atoms with Crippen LogP contribution in [0.5, 0.6) is 0 Å². The lowest BCUT2D eigenvalue weighted by atomic mass is 10.6. The van der Waals surface area contributed by atoms with Crippen molar-refractivity contribution in [3.8, 4) is 0 Å². The van der Waals surface area contributed by atoms with Gasteiger partial charge in [-0.1, -0.05) is 29.2 Å². The molecule has 1 heteroatoms. The van der Waals surface area contributed by atoms with Gasteiger partial charge in [0.25, 0.3) is 0 Å². The van der Waals surface area contributed by atoms with Gasteiger partial charge in [0, 0.05) is 0 Å².